The molecule has 1 N–H and O–H groups in total. The maximum absolute atomic E-state index is 13.6. The number of benzene rings is 2. The Labute approximate surface area is 146 Å². The van der Waals surface area contributed by atoms with Gasteiger partial charge in [0, 0.05) is 17.3 Å². The van der Waals surface area contributed by atoms with Crippen LogP contribution in [0.15, 0.2) is 52.9 Å². The highest BCUT2D eigenvalue weighted by Crippen LogP contribution is 2.29. The van der Waals surface area contributed by atoms with Crippen LogP contribution in [0.5, 0.6) is 0 Å². The molecule has 0 atom stereocenters. The van der Waals surface area contributed by atoms with E-state index in [9.17, 15) is 4.39 Å². The zero-order valence-electron chi connectivity index (χ0n) is 12.0. The molecule has 0 saturated carbocycles. The Morgan fingerprint density at radius 3 is 2.65 bits per heavy atom. The molecule has 3 aromatic rings. The first-order valence-electron chi connectivity index (χ1n) is 6.89. The van der Waals surface area contributed by atoms with Crippen LogP contribution in [0.2, 0.25) is 5.02 Å². The van der Waals surface area contributed by atoms with Crippen LogP contribution >= 0.6 is 34.7 Å². The fourth-order valence-corrected chi connectivity index (χ4v) is 3.73. The summed E-state index contributed by atoms with van der Waals surface area (Å²) in [5.41, 5.74) is 1.79. The van der Waals surface area contributed by atoms with Crippen molar-refractivity contribution < 1.29 is 4.39 Å². The average Bonchev–Trinajstić information content (AvgIpc) is 3.02. The van der Waals surface area contributed by atoms with E-state index in [-0.39, 0.29) is 5.82 Å². The lowest BCUT2D eigenvalue weighted by molar-refractivity contribution is 0.617. The topological polar surface area (TPSA) is 37.8 Å². The summed E-state index contributed by atoms with van der Waals surface area (Å²) in [5.74, 6) is 0.351. The van der Waals surface area contributed by atoms with Crippen LogP contribution in [-0.4, -0.2) is 10.2 Å². The number of thioether (sulfide) groups is 1. The Kier molecular flexibility index (Phi) is 5.48. The summed E-state index contributed by atoms with van der Waals surface area (Å²) in [6.45, 7) is 0.657. The second-order valence-corrected chi connectivity index (χ2v) is 7.37. The van der Waals surface area contributed by atoms with E-state index in [2.05, 4.69) is 15.5 Å². The molecule has 23 heavy (non-hydrogen) atoms. The quantitative estimate of drug-likeness (QED) is 0.606. The smallest absolute Gasteiger partial charge is 0.206 e. The monoisotopic (exact) mass is 365 g/mol. The lowest BCUT2D eigenvalue weighted by Gasteiger charge is -2.02. The molecule has 118 valence electrons. The predicted octanol–water partition coefficient (Wildman–Crippen LogP) is 5.24. The molecule has 2 aromatic carbocycles. The summed E-state index contributed by atoms with van der Waals surface area (Å²) >= 11 is 8.80. The SMILES string of the molecule is Fc1ccccc1CSc1nnc(NCc2ccc(Cl)cc2)s1. The molecule has 0 unspecified atom stereocenters. The summed E-state index contributed by atoms with van der Waals surface area (Å²) in [6, 6.07) is 14.4. The molecule has 0 aliphatic heterocycles. The maximum Gasteiger partial charge on any atom is 0.206 e. The van der Waals surface area contributed by atoms with Crippen molar-refractivity contribution in [1.29, 1.82) is 0 Å². The normalized spacial score (nSPS) is 10.7. The van der Waals surface area contributed by atoms with Crippen molar-refractivity contribution in [3.63, 3.8) is 0 Å². The Hall–Kier alpha value is -1.63. The van der Waals surface area contributed by atoms with Gasteiger partial charge in [0.2, 0.25) is 5.13 Å². The fraction of sp³-hybridized carbons (Fsp3) is 0.125. The van der Waals surface area contributed by atoms with E-state index in [1.54, 1.807) is 12.1 Å². The minimum atomic E-state index is -0.189. The van der Waals surface area contributed by atoms with Crippen LogP contribution in [0, 0.1) is 5.82 Å². The van der Waals surface area contributed by atoms with Gasteiger partial charge >= 0.3 is 0 Å². The molecule has 7 heteroatoms. The molecule has 1 heterocycles. The Bertz CT molecular complexity index is 777. The van der Waals surface area contributed by atoms with E-state index in [1.165, 1.54) is 29.2 Å². The molecule has 3 nitrogen and oxygen atoms in total. The van der Waals surface area contributed by atoms with Crippen molar-refractivity contribution in [2.24, 2.45) is 0 Å². The van der Waals surface area contributed by atoms with Gasteiger partial charge in [-0.2, -0.15) is 0 Å². The summed E-state index contributed by atoms with van der Waals surface area (Å²) in [4.78, 5) is 0. The van der Waals surface area contributed by atoms with E-state index in [0.717, 1.165) is 20.1 Å². The molecular weight excluding hydrogens is 353 g/mol. The van der Waals surface area contributed by atoms with Gasteiger partial charge in [-0.1, -0.05) is 65.0 Å². The first kappa shape index (κ1) is 16.2. The van der Waals surface area contributed by atoms with E-state index in [4.69, 9.17) is 11.6 Å². The van der Waals surface area contributed by atoms with Crippen LogP contribution in [0.1, 0.15) is 11.1 Å². The molecule has 0 fully saturated rings. The molecule has 0 saturated heterocycles. The van der Waals surface area contributed by atoms with Gasteiger partial charge in [0.1, 0.15) is 5.82 Å². The summed E-state index contributed by atoms with van der Waals surface area (Å²) in [7, 11) is 0. The molecule has 0 amide bonds. The zero-order chi connectivity index (χ0) is 16.1. The summed E-state index contributed by atoms with van der Waals surface area (Å²) in [6.07, 6.45) is 0. The number of halogens is 2. The highest BCUT2D eigenvalue weighted by Gasteiger charge is 2.07. The van der Waals surface area contributed by atoms with Crippen LogP contribution in [0.3, 0.4) is 0 Å². The van der Waals surface area contributed by atoms with Gasteiger partial charge in [-0.05, 0) is 29.3 Å². The van der Waals surface area contributed by atoms with E-state index in [0.29, 0.717) is 17.9 Å². The minimum absolute atomic E-state index is 0.189. The summed E-state index contributed by atoms with van der Waals surface area (Å²) in [5, 5.41) is 12.9. The van der Waals surface area contributed by atoms with Gasteiger partial charge < -0.3 is 5.32 Å². The number of nitrogens with zero attached hydrogens (tertiary/aromatic N) is 2. The zero-order valence-corrected chi connectivity index (χ0v) is 14.4. The van der Waals surface area contributed by atoms with Gasteiger partial charge in [-0.3, -0.25) is 0 Å². The minimum Gasteiger partial charge on any atom is -0.356 e. The second-order valence-electron chi connectivity index (χ2n) is 4.73. The largest absolute Gasteiger partial charge is 0.356 e. The third-order valence-electron chi connectivity index (χ3n) is 3.07. The second kappa shape index (κ2) is 7.77. The first-order chi connectivity index (χ1) is 11.2. The van der Waals surface area contributed by atoms with Crippen LogP contribution in [0.4, 0.5) is 9.52 Å². The van der Waals surface area contributed by atoms with E-state index in [1.807, 2.05) is 30.3 Å². The molecule has 1 aromatic heterocycles. The standard InChI is InChI=1S/C16H13ClFN3S2/c17-13-7-5-11(6-8-13)9-19-15-20-21-16(23-15)22-10-12-3-1-2-4-14(12)18/h1-8H,9-10H2,(H,19,20). The number of hydrogen-bond donors (Lipinski definition) is 1. The van der Waals surface area contributed by atoms with Crippen molar-refractivity contribution in [3.8, 4) is 0 Å². The Morgan fingerprint density at radius 2 is 1.87 bits per heavy atom. The number of anilines is 1. The highest BCUT2D eigenvalue weighted by atomic mass is 35.5. The van der Waals surface area contributed by atoms with Crippen molar-refractivity contribution in [2.45, 2.75) is 16.6 Å². The third-order valence-corrected chi connectivity index (χ3v) is 5.39. The van der Waals surface area contributed by atoms with Crippen LogP contribution in [0.25, 0.3) is 0 Å². The van der Waals surface area contributed by atoms with Crippen molar-refractivity contribution in [3.05, 3.63) is 70.5 Å². The van der Waals surface area contributed by atoms with Crippen molar-refractivity contribution in [2.75, 3.05) is 5.32 Å². The van der Waals surface area contributed by atoms with E-state index < -0.39 is 0 Å². The molecule has 0 aliphatic rings. The van der Waals surface area contributed by atoms with E-state index >= 15 is 0 Å². The van der Waals surface area contributed by atoms with Crippen molar-refractivity contribution in [1.82, 2.24) is 10.2 Å². The molecule has 0 bridgehead atoms. The van der Waals surface area contributed by atoms with Gasteiger partial charge in [0.25, 0.3) is 0 Å². The molecule has 0 aliphatic carbocycles. The fourth-order valence-electron chi connectivity index (χ4n) is 1.87. The highest BCUT2D eigenvalue weighted by molar-refractivity contribution is 8.00. The van der Waals surface area contributed by atoms with Gasteiger partial charge in [-0.25, -0.2) is 4.39 Å². The lowest BCUT2D eigenvalue weighted by atomic mass is 10.2. The number of nitrogens with one attached hydrogen (secondary N) is 1. The first-order valence-corrected chi connectivity index (χ1v) is 9.07. The lowest BCUT2D eigenvalue weighted by Crippen LogP contribution is -1.98. The molecule has 0 spiro atoms. The average molecular weight is 366 g/mol. The maximum atomic E-state index is 13.6. The predicted molar refractivity (Wildman–Crippen MR) is 94.6 cm³/mol. The Morgan fingerprint density at radius 1 is 1.09 bits per heavy atom. The van der Waals surface area contributed by atoms with Crippen LogP contribution in [-0.2, 0) is 12.3 Å². The van der Waals surface area contributed by atoms with Gasteiger partial charge in [-0.15, -0.1) is 10.2 Å². The number of aromatic nitrogens is 2. The number of hydrogen-bond acceptors (Lipinski definition) is 5. The van der Waals surface area contributed by atoms with Gasteiger partial charge in [0.15, 0.2) is 4.34 Å². The van der Waals surface area contributed by atoms with Crippen molar-refractivity contribution >= 4 is 39.8 Å². The number of rotatable bonds is 6. The summed E-state index contributed by atoms with van der Waals surface area (Å²) < 4.78 is 14.4. The molecular formula is C16H13ClFN3S2. The molecule has 3 rings (SSSR count). The molecule has 0 radical (unpaired) electrons. The van der Waals surface area contributed by atoms with Gasteiger partial charge in [0.05, 0.1) is 0 Å². The Balaban J connectivity index is 1.53. The third kappa shape index (κ3) is 4.67. The van der Waals surface area contributed by atoms with Crippen LogP contribution < -0.4 is 5.32 Å².